The fraction of sp³-hybridized carbons (Fsp3) is 1.00. The topological polar surface area (TPSA) is 43.3 Å². The Kier molecular flexibility index (Phi) is 2.00. The van der Waals surface area contributed by atoms with Crippen molar-refractivity contribution in [3.63, 3.8) is 0 Å². The van der Waals surface area contributed by atoms with Gasteiger partial charge in [-0.25, -0.2) is 10.0 Å². The molecule has 0 aliphatic carbocycles. The van der Waals surface area contributed by atoms with E-state index < -0.39 is 4.81 Å². The average molecular weight is 177 g/mol. The van der Waals surface area contributed by atoms with Gasteiger partial charge in [0.2, 0.25) is 0 Å². The van der Waals surface area contributed by atoms with Gasteiger partial charge in [-0.3, -0.25) is 0 Å². The van der Waals surface area contributed by atoms with E-state index in [4.69, 9.17) is 0 Å². The van der Waals surface area contributed by atoms with Crippen LogP contribution in [0.3, 0.4) is 0 Å². The molecule has 1 saturated heterocycles. The van der Waals surface area contributed by atoms with E-state index in [-0.39, 0.29) is 16.2 Å². The Morgan fingerprint density at radius 1 is 1.55 bits per heavy atom. The highest BCUT2D eigenvalue weighted by Gasteiger charge is 2.59. The predicted molar refractivity (Wildman–Crippen MR) is 46.0 cm³/mol. The zero-order valence-corrected chi connectivity index (χ0v) is 8.18. The molecule has 4 heteroatoms. The largest absolute Gasteiger partial charge is 0.597 e. The van der Waals surface area contributed by atoms with Crippen molar-refractivity contribution in [2.75, 3.05) is 0 Å². The van der Waals surface area contributed by atoms with E-state index in [1.807, 2.05) is 13.8 Å². The number of thioether (sulfide) groups is 1. The molecular formula is C7H15NO2S. The van der Waals surface area contributed by atoms with Gasteiger partial charge >= 0.3 is 0 Å². The first-order chi connectivity index (χ1) is 4.78. The molecule has 1 rings (SSSR count). The molecule has 1 heterocycles. The Labute approximate surface area is 71.5 Å². The van der Waals surface area contributed by atoms with Gasteiger partial charge in [0.15, 0.2) is 5.37 Å². The monoisotopic (exact) mass is 177 g/mol. The van der Waals surface area contributed by atoms with Crippen LogP contribution in [0.1, 0.15) is 27.7 Å². The standard InChI is InChI=1S/C7H15NO2S/c1-5(2)8(9,10)6-7(3,4)11-6/h5-6,9H,1-4H3/t6-/m1/s1. The van der Waals surface area contributed by atoms with Crippen LogP contribution in [0.25, 0.3) is 0 Å². The third kappa shape index (κ3) is 1.54. The smallest absolute Gasteiger partial charge is 0.180 e. The summed E-state index contributed by atoms with van der Waals surface area (Å²) >= 11 is 1.54. The molecule has 66 valence electrons. The number of quaternary nitrogens is 1. The number of hydroxylamine groups is 4. The molecule has 0 aromatic carbocycles. The van der Waals surface area contributed by atoms with Crippen molar-refractivity contribution in [2.45, 2.75) is 43.9 Å². The number of hydrogen-bond donors (Lipinski definition) is 1. The SMILES string of the molecule is CC(C)[N+]([O-])(O)[C@@H]1SC1(C)C. The highest BCUT2D eigenvalue weighted by atomic mass is 32.2. The van der Waals surface area contributed by atoms with Crippen molar-refractivity contribution in [1.82, 2.24) is 0 Å². The van der Waals surface area contributed by atoms with Crippen molar-refractivity contribution in [3.8, 4) is 0 Å². The molecule has 0 spiro atoms. The third-order valence-electron chi connectivity index (χ3n) is 2.03. The summed E-state index contributed by atoms with van der Waals surface area (Å²) in [4.78, 5) is -1.10. The van der Waals surface area contributed by atoms with Crippen LogP contribution in [-0.2, 0) is 0 Å². The molecule has 11 heavy (non-hydrogen) atoms. The van der Waals surface area contributed by atoms with Gasteiger partial charge in [0, 0.05) is 0 Å². The molecule has 0 amide bonds. The van der Waals surface area contributed by atoms with Crippen LogP contribution in [0.2, 0.25) is 0 Å². The van der Waals surface area contributed by atoms with Gasteiger partial charge in [0.05, 0.1) is 4.75 Å². The molecule has 1 aliphatic heterocycles. The zero-order chi connectivity index (χ0) is 8.86. The van der Waals surface area contributed by atoms with Crippen LogP contribution < -0.4 is 0 Å². The molecular weight excluding hydrogens is 162 g/mol. The first kappa shape index (κ1) is 9.32. The molecule has 1 aliphatic rings. The summed E-state index contributed by atoms with van der Waals surface area (Å²) in [7, 11) is 0. The summed E-state index contributed by atoms with van der Waals surface area (Å²) in [6.07, 6.45) is 0. The van der Waals surface area contributed by atoms with Crippen molar-refractivity contribution in [1.29, 1.82) is 0 Å². The van der Waals surface area contributed by atoms with E-state index in [0.717, 1.165) is 0 Å². The van der Waals surface area contributed by atoms with Crippen LogP contribution in [0.15, 0.2) is 0 Å². The summed E-state index contributed by atoms with van der Waals surface area (Å²) in [5, 5.41) is 20.7. The summed E-state index contributed by atoms with van der Waals surface area (Å²) < 4.78 is -0.0409. The molecule has 0 saturated carbocycles. The van der Waals surface area contributed by atoms with Gasteiger partial charge in [0.1, 0.15) is 6.04 Å². The van der Waals surface area contributed by atoms with Crippen LogP contribution >= 0.6 is 11.8 Å². The quantitative estimate of drug-likeness (QED) is 0.398. The summed E-state index contributed by atoms with van der Waals surface area (Å²) in [5.41, 5.74) is 0. The van der Waals surface area contributed by atoms with Gasteiger partial charge in [-0.15, -0.1) is 0 Å². The zero-order valence-electron chi connectivity index (χ0n) is 7.37. The maximum Gasteiger partial charge on any atom is 0.180 e. The van der Waals surface area contributed by atoms with E-state index in [9.17, 15) is 10.4 Å². The lowest BCUT2D eigenvalue weighted by atomic mass is 10.2. The fourth-order valence-corrected chi connectivity index (χ4v) is 2.10. The lowest BCUT2D eigenvalue weighted by Gasteiger charge is -2.37. The van der Waals surface area contributed by atoms with E-state index in [1.54, 1.807) is 13.8 Å². The Balaban J connectivity index is 2.62. The van der Waals surface area contributed by atoms with Crippen molar-refractivity contribution >= 4 is 11.8 Å². The number of hydrogen-bond acceptors (Lipinski definition) is 3. The number of nitrogens with zero attached hydrogens (tertiary/aromatic N) is 1. The van der Waals surface area contributed by atoms with E-state index >= 15 is 0 Å². The second-order valence-corrected chi connectivity index (χ2v) is 5.57. The highest BCUT2D eigenvalue weighted by Crippen LogP contribution is 2.57. The summed E-state index contributed by atoms with van der Waals surface area (Å²) in [6, 6.07) is -0.269. The second-order valence-electron chi connectivity index (χ2n) is 3.84. The first-order valence-electron chi connectivity index (χ1n) is 3.78. The normalized spacial score (nSPS) is 33.5. The maximum absolute atomic E-state index is 11.5. The average Bonchev–Trinajstić information content (AvgIpc) is 2.40. The van der Waals surface area contributed by atoms with Crippen molar-refractivity contribution in [2.24, 2.45) is 0 Å². The van der Waals surface area contributed by atoms with Crippen LogP contribution in [0, 0.1) is 5.21 Å². The van der Waals surface area contributed by atoms with Gasteiger partial charge in [-0.1, -0.05) is 11.8 Å². The molecule has 1 fully saturated rings. The van der Waals surface area contributed by atoms with E-state index in [0.29, 0.717) is 0 Å². The fourth-order valence-electron chi connectivity index (χ4n) is 1.05. The molecule has 0 aromatic heterocycles. The number of rotatable bonds is 2. The molecule has 2 atom stereocenters. The maximum atomic E-state index is 11.5. The predicted octanol–water partition coefficient (Wildman–Crippen LogP) is 1.95. The van der Waals surface area contributed by atoms with Gasteiger partial charge in [0.25, 0.3) is 0 Å². The van der Waals surface area contributed by atoms with E-state index in [2.05, 4.69) is 0 Å². The molecule has 0 bridgehead atoms. The lowest BCUT2D eigenvalue weighted by Crippen LogP contribution is -2.48. The minimum Gasteiger partial charge on any atom is -0.597 e. The Morgan fingerprint density at radius 3 is 2.00 bits per heavy atom. The highest BCUT2D eigenvalue weighted by molar-refractivity contribution is 8.08. The molecule has 1 unspecified atom stereocenters. The molecule has 0 radical (unpaired) electrons. The van der Waals surface area contributed by atoms with E-state index in [1.165, 1.54) is 11.8 Å². The van der Waals surface area contributed by atoms with Crippen molar-refractivity contribution in [3.05, 3.63) is 5.21 Å². The minimum atomic E-state index is -1.10. The van der Waals surface area contributed by atoms with Crippen LogP contribution in [0.5, 0.6) is 0 Å². The van der Waals surface area contributed by atoms with Gasteiger partial charge < -0.3 is 5.21 Å². The lowest BCUT2D eigenvalue weighted by molar-refractivity contribution is -1.08. The molecule has 0 aromatic rings. The Morgan fingerprint density at radius 2 is 1.91 bits per heavy atom. The van der Waals surface area contributed by atoms with Gasteiger partial charge in [-0.05, 0) is 27.7 Å². The Hall–Kier alpha value is 0.230. The molecule has 1 N–H and O–H groups in total. The Bertz CT molecular complexity index is 168. The van der Waals surface area contributed by atoms with Crippen LogP contribution in [0.4, 0.5) is 0 Å². The summed E-state index contributed by atoms with van der Waals surface area (Å²) in [6.45, 7) is 7.43. The summed E-state index contributed by atoms with van der Waals surface area (Å²) in [5.74, 6) is 0. The van der Waals surface area contributed by atoms with Gasteiger partial charge in [-0.2, -0.15) is 0 Å². The van der Waals surface area contributed by atoms with Crippen molar-refractivity contribution < 1.29 is 10.0 Å². The van der Waals surface area contributed by atoms with Crippen LogP contribution in [-0.4, -0.2) is 26.2 Å². The first-order valence-corrected chi connectivity index (χ1v) is 4.66. The third-order valence-corrected chi connectivity index (χ3v) is 3.72. The molecule has 3 nitrogen and oxygen atoms in total. The minimum absolute atomic E-state index is 0.0409. The second kappa shape index (κ2) is 2.36.